The molecule has 0 aromatic rings. The number of nitrogens with zero attached hydrogens (tertiary/aromatic N) is 2. The van der Waals surface area contributed by atoms with E-state index in [1.165, 1.54) is 32.2 Å². The van der Waals surface area contributed by atoms with Crippen LogP contribution in [0.4, 0.5) is 0 Å². The van der Waals surface area contributed by atoms with Crippen LogP contribution in [0.15, 0.2) is 0 Å². The standard InChI is InChI=1S/C15H29N3O/c1-12-6-3-4-8-17(12)10-14-7-5-9-18(11-14)15(19)13(2)16/h12-14H,3-11,16H2,1-2H3. The Morgan fingerprint density at radius 3 is 2.74 bits per heavy atom. The topological polar surface area (TPSA) is 49.6 Å². The van der Waals surface area contributed by atoms with E-state index in [9.17, 15) is 4.79 Å². The van der Waals surface area contributed by atoms with Gasteiger partial charge in [-0.15, -0.1) is 0 Å². The molecule has 0 aromatic heterocycles. The average molecular weight is 267 g/mol. The van der Waals surface area contributed by atoms with Crippen LogP contribution >= 0.6 is 0 Å². The van der Waals surface area contributed by atoms with Gasteiger partial charge in [0.15, 0.2) is 0 Å². The Morgan fingerprint density at radius 2 is 2.05 bits per heavy atom. The van der Waals surface area contributed by atoms with Crippen molar-refractivity contribution < 1.29 is 4.79 Å². The van der Waals surface area contributed by atoms with Crippen molar-refractivity contribution in [2.45, 2.75) is 58.0 Å². The number of hydrogen-bond acceptors (Lipinski definition) is 3. The lowest BCUT2D eigenvalue weighted by atomic mass is 9.94. The molecule has 0 aliphatic carbocycles. The van der Waals surface area contributed by atoms with Gasteiger partial charge in [0.05, 0.1) is 6.04 Å². The molecular formula is C15H29N3O. The van der Waals surface area contributed by atoms with Crippen molar-refractivity contribution in [1.82, 2.24) is 9.80 Å². The summed E-state index contributed by atoms with van der Waals surface area (Å²) in [6.45, 7) is 8.32. The second-order valence-electron chi connectivity index (χ2n) is 6.42. The highest BCUT2D eigenvalue weighted by molar-refractivity contribution is 5.81. The minimum absolute atomic E-state index is 0.122. The van der Waals surface area contributed by atoms with Crippen molar-refractivity contribution in [2.24, 2.45) is 11.7 Å². The van der Waals surface area contributed by atoms with Crippen molar-refractivity contribution >= 4 is 5.91 Å². The molecule has 0 radical (unpaired) electrons. The third-order valence-corrected chi connectivity index (χ3v) is 4.65. The third-order valence-electron chi connectivity index (χ3n) is 4.65. The first-order valence-corrected chi connectivity index (χ1v) is 7.86. The van der Waals surface area contributed by atoms with Gasteiger partial charge in [0.1, 0.15) is 0 Å². The van der Waals surface area contributed by atoms with Crippen molar-refractivity contribution in [3.8, 4) is 0 Å². The largest absolute Gasteiger partial charge is 0.341 e. The molecule has 2 saturated heterocycles. The summed E-state index contributed by atoms with van der Waals surface area (Å²) in [5.41, 5.74) is 5.72. The summed E-state index contributed by atoms with van der Waals surface area (Å²) in [6, 6.07) is 0.362. The monoisotopic (exact) mass is 267 g/mol. The Bertz CT molecular complexity index is 306. The highest BCUT2D eigenvalue weighted by Gasteiger charge is 2.28. The van der Waals surface area contributed by atoms with E-state index in [2.05, 4.69) is 11.8 Å². The number of amides is 1. The summed E-state index contributed by atoms with van der Waals surface area (Å²) < 4.78 is 0. The fourth-order valence-corrected chi connectivity index (χ4v) is 3.46. The van der Waals surface area contributed by atoms with Gasteiger partial charge in [-0.3, -0.25) is 4.79 Å². The third kappa shape index (κ3) is 3.93. The first kappa shape index (κ1) is 14.8. The second kappa shape index (κ2) is 6.71. The van der Waals surface area contributed by atoms with E-state index in [0.29, 0.717) is 12.0 Å². The molecule has 3 unspecified atom stereocenters. The Morgan fingerprint density at radius 1 is 1.26 bits per heavy atom. The van der Waals surface area contributed by atoms with E-state index in [0.717, 1.165) is 26.1 Å². The average Bonchev–Trinajstić information content (AvgIpc) is 2.41. The van der Waals surface area contributed by atoms with Gasteiger partial charge in [-0.05, 0) is 52.0 Å². The maximum absolute atomic E-state index is 12.0. The maximum Gasteiger partial charge on any atom is 0.239 e. The number of piperidine rings is 2. The van der Waals surface area contributed by atoms with Crippen LogP contribution in [0.2, 0.25) is 0 Å². The molecule has 4 heteroatoms. The van der Waals surface area contributed by atoms with Gasteiger partial charge >= 0.3 is 0 Å². The van der Waals surface area contributed by atoms with E-state index in [1.54, 1.807) is 6.92 Å². The number of hydrogen-bond donors (Lipinski definition) is 1. The van der Waals surface area contributed by atoms with Crippen LogP contribution in [0.5, 0.6) is 0 Å². The quantitative estimate of drug-likeness (QED) is 0.842. The fourth-order valence-electron chi connectivity index (χ4n) is 3.46. The van der Waals surface area contributed by atoms with E-state index in [-0.39, 0.29) is 11.9 Å². The van der Waals surface area contributed by atoms with Crippen molar-refractivity contribution in [2.75, 3.05) is 26.2 Å². The van der Waals surface area contributed by atoms with E-state index < -0.39 is 0 Å². The molecular weight excluding hydrogens is 238 g/mol. The van der Waals surface area contributed by atoms with E-state index in [4.69, 9.17) is 5.73 Å². The maximum atomic E-state index is 12.0. The van der Waals surface area contributed by atoms with Gasteiger partial charge in [0, 0.05) is 25.7 Å². The number of likely N-dealkylation sites (tertiary alicyclic amines) is 2. The molecule has 2 fully saturated rings. The number of carbonyl (C=O) groups is 1. The molecule has 0 saturated carbocycles. The molecule has 2 aliphatic heterocycles. The highest BCUT2D eigenvalue weighted by atomic mass is 16.2. The molecule has 2 N–H and O–H groups in total. The Balaban J connectivity index is 1.85. The first-order chi connectivity index (χ1) is 9.08. The predicted molar refractivity (Wildman–Crippen MR) is 77.8 cm³/mol. The van der Waals surface area contributed by atoms with E-state index >= 15 is 0 Å². The van der Waals surface area contributed by atoms with Gasteiger partial charge in [-0.25, -0.2) is 0 Å². The predicted octanol–water partition coefficient (Wildman–Crippen LogP) is 1.45. The molecule has 0 bridgehead atoms. The summed E-state index contributed by atoms with van der Waals surface area (Å²) in [4.78, 5) is 16.6. The minimum Gasteiger partial charge on any atom is -0.341 e. The van der Waals surface area contributed by atoms with Gasteiger partial charge in [0.2, 0.25) is 5.91 Å². The van der Waals surface area contributed by atoms with Gasteiger partial charge in [-0.1, -0.05) is 6.42 Å². The summed E-state index contributed by atoms with van der Waals surface area (Å²) in [7, 11) is 0. The molecule has 4 nitrogen and oxygen atoms in total. The summed E-state index contributed by atoms with van der Waals surface area (Å²) in [6.07, 6.45) is 6.42. The zero-order valence-electron chi connectivity index (χ0n) is 12.5. The normalized spacial score (nSPS) is 31.2. The molecule has 2 aliphatic rings. The molecule has 2 heterocycles. The van der Waals surface area contributed by atoms with Crippen molar-refractivity contribution in [3.05, 3.63) is 0 Å². The van der Waals surface area contributed by atoms with Crippen LogP contribution in [-0.4, -0.2) is 54.0 Å². The number of rotatable bonds is 3. The molecule has 110 valence electrons. The summed E-state index contributed by atoms with van der Waals surface area (Å²) >= 11 is 0. The van der Waals surface area contributed by atoms with Crippen LogP contribution in [0.25, 0.3) is 0 Å². The van der Waals surface area contributed by atoms with Gasteiger partial charge in [-0.2, -0.15) is 0 Å². The van der Waals surface area contributed by atoms with Crippen LogP contribution < -0.4 is 5.73 Å². The SMILES string of the molecule is CC(N)C(=O)N1CCCC(CN2CCCCC2C)C1. The lowest BCUT2D eigenvalue weighted by Crippen LogP contribution is -2.50. The lowest BCUT2D eigenvalue weighted by Gasteiger charge is -2.40. The zero-order valence-corrected chi connectivity index (χ0v) is 12.5. The summed E-state index contributed by atoms with van der Waals surface area (Å²) in [5.74, 6) is 0.758. The first-order valence-electron chi connectivity index (χ1n) is 7.86. The van der Waals surface area contributed by atoms with Crippen LogP contribution in [-0.2, 0) is 4.79 Å². The smallest absolute Gasteiger partial charge is 0.239 e. The molecule has 0 aromatic carbocycles. The number of carbonyl (C=O) groups excluding carboxylic acids is 1. The van der Waals surface area contributed by atoms with Crippen molar-refractivity contribution in [1.29, 1.82) is 0 Å². The van der Waals surface area contributed by atoms with E-state index in [1.807, 2.05) is 4.90 Å². The Kier molecular flexibility index (Phi) is 5.22. The van der Waals surface area contributed by atoms with Crippen LogP contribution in [0.3, 0.4) is 0 Å². The fraction of sp³-hybridized carbons (Fsp3) is 0.933. The molecule has 3 atom stereocenters. The molecule has 19 heavy (non-hydrogen) atoms. The Hall–Kier alpha value is -0.610. The molecule has 1 amide bonds. The molecule has 2 rings (SSSR count). The van der Waals surface area contributed by atoms with Crippen molar-refractivity contribution in [3.63, 3.8) is 0 Å². The Labute approximate surface area is 117 Å². The van der Waals surface area contributed by atoms with Gasteiger partial charge < -0.3 is 15.5 Å². The van der Waals surface area contributed by atoms with Crippen LogP contribution in [0.1, 0.15) is 46.0 Å². The molecule has 0 spiro atoms. The highest BCUT2D eigenvalue weighted by Crippen LogP contribution is 2.23. The minimum atomic E-state index is -0.354. The number of nitrogens with two attached hydrogens (primary N) is 1. The van der Waals surface area contributed by atoms with Gasteiger partial charge in [0.25, 0.3) is 0 Å². The van der Waals surface area contributed by atoms with Crippen LogP contribution in [0, 0.1) is 5.92 Å². The zero-order chi connectivity index (χ0) is 13.8. The second-order valence-corrected chi connectivity index (χ2v) is 6.42. The summed E-state index contributed by atoms with van der Waals surface area (Å²) in [5, 5.41) is 0. The lowest BCUT2D eigenvalue weighted by molar-refractivity contribution is -0.134.